The Balaban J connectivity index is 1.70. The number of amides is 2. The number of nitrogens with one attached hydrogen (secondary N) is 2. The first-order chi connectivity index (χ1) is 19.8. The quantitative estimate of drug-likeness (QED) is 0.242. The molecule has 0 unspecified atom stereocenters. The summed E-state index contributed by atoms with van der Waals surface area (Å²) in [4.78, 5) is 26.2. The van der Waals surface area contributed by atoms with Gasteiger partial charge >= 0.3 is 12.7 Å². The van der Waals surface area contributed by atoms with Crippen molar-refractivity contribution in [2.45, 2.75) is 18.8 Å². The van der Waals surface area contributed by atoms with Crippen molar-refractivity contribution in [2.24, 2.45) is 0 Å². The van der Waals surface area contributed by atoms with Gasteiger partial charge in [-0.15, -0.1) is 0 Å². The Morgan fingerprint density at radius 1 is 1.07 bits per heavy atom. The molecule has 0 saturated carbocycles. The number of benzene rings is 3. The van der Waals surface area contributed by atoms with E-state index in [-0.39, 0.29) is 49.3 Å². The number of halogens is 8. The second-order valence-corrected chi connectivity index (χ2v) is 9.41. The van der Waals surface area contributed by atoms with Crippen molar-refractivity contribution in [3.8, 4) is 17.2 Å². The van der Waals surface area contributed by atoms with Gasteiger partial charge in [-0.2, -0.15) is 32.3 Å². The van der Waals surface area contributed by atoms with E-state index in [1.165, 1.54) is 12.1 Å². The van der Waals surface area contributed by atoms with Gasteiger partial charge in [0, 0.05) is 44.7 Å². The number of rotatable bonds is 5. The van der Waals surface area contributed by atoms with Crippen molar-refractivity contribution < 1.29 is 40.3 Å². The molecule has 4 aromatic rings. The van der Waals surface area contributed by atoms with Crippen LogP contribution < -0.4 is 10.6 Å². The van der Waals surface area contributed by atoms with Gasteiger partial charge in [-0.3, -0.25) is 9.59 Å². The molecule has 7 nitrogen and oxygen atoms in total. The summed E-state index contributed by atoms with van der Waals surface area (Å²) in [6.07, 6.45) is -4.15. The van der Waals surface area contributed by atoms with Gasteiger partial charge in [0.25, 0.3) is 11.8 Å². The summed E-state index contributed by atoms with van der Waals surface area (Å²) in [6.45, 7) is -3.13. The first kappa shape index (κ1) is 28.6. The molecule has 0 spiro atoms. The summed E-state index contributed by atoms with van der Waals surface area (Å²) in [5.41, 5.74) is -3.20. The molecular weight excluding hydrogens is 595 g/mol. The van der Waals surface area contributed by atoms with Crippen molar-refractivity contribution in [1.82, 2.24) is 15.1 Å². The molecule has 15 heteroatoms. The van der Waals surface area contributed by atoms with Gasteiger partial charge in [0.15, 0.2) is 5.69 Å². The molecule has 0 radical (unpaired) electrons. The fourth-order valence-corrected chi connectivity index (χ4v) is 4.75. The van der Waals surface area contributed by atoms with Gasteiger partial charge in [-0.05, 0) is 54.1 Å². The van der Waals surface area contributed by atoms with Crippen LogP contribution in [-0.2, 0) is 6.18 Å². The summed E-state index contributed by atoms with van der Waals surface area (Å²) >= 11 is 6.25. The summed E-state index contributed by atoms with van der Waals surface area (Å²) in [6, 6.07) is 7.29. The Morgan fingerprint density at radius 3 is 2.48 bits per heavy atom. The third kappa shape index (κ3) is 5.26. The highest BCUT2D eigenvalue weighted by atomic mass is 35.5. The lowest BCUT2D eigenvalue weighted by Gasteiger charge is -2.19. The summed E-state index contributed by atoms with van der Waals surface area (Å²) in [5, 5.41) is 17.9. The van der Waals surface area contributed by atoms with Crippen LogP contribution in [0.1, 0.15) is 55.7 Å². The average Bonchev–Trinajstić information content (AvgIpc) is 3.51. The van der Waals surface area contributed by atoms with E-state index in [2.05, 4.69) is 15.7 Å². The van der Waals surface area contributed by atoms with Crippen LogP contribution in [0.3, 0.4) is 0 Å². The fraction of sp³-hybridized carbons (Fsp3) is 0.111. The fourth-order valence-electron chi connectivity index (χ4n) is 4.53. The zero-order valence-electron chi connectivity index (χ0n) is 20.5. The molecule has 1 atom stereocenters. The summed E-state index contributed by atoms with van der Waals surface area (Å²) in [7, 11) is 0. The van der Waals surface area contributed by atoms with Crippen molar-refractivity contribution in [3.05, 3.63) is 105 Å². The molecule has 42 heavy (non-hydrogen) atoms. The number of carbonyl (C=O) groups excluding carboxylic acids is 2. The van der Waals surface area contributed by atoms with Gasteiger partial charge in [0.1, 0.15) is 17.7 Å². The number of hydrogen-bond donors (Lipinski definition) is 2. The van der Waals surface area contributed by atoms with Crippen LogP contribution in [0.4, 0.5) is 36.4 Å². The van der Waals surface area contributed by atoms with Gasteiger partial charge in [-0.25, -0.2) is 13.5 Å². The minimum Gasteiger partial charge on any atom is -0.341 e. The maximum atomic E-state index is 14.1. The number of nitrogens with zero attached hydrogens (tertiary/aromatic N) is 3. The second kappa shape index (κ2) is 10.5. The van der Waals surface area contributed by atoms with Crippen molar-refractivity contribution in [1.29, 1.82) is 5.26 Å². The SMILES string of the molecule is N#Cc1nn(C(F)F)cc1-c1cc(NC(=O)c2cc(F)cc(C(F)(F)F)c2)c2c(c1)C(=O)N[C@@H]2c1cc(F)ccc1Cl. The monoisotopic (exact) mass is 607 g/mol. The number of nitriles is 1. The van der Waals surface area contributed by atoms with Gasteiger partial charge < -0.3 is 10.6 Å². The molecule has 5 rings (SSSR count). The van der Waals surface area contributed by atoms with Crippen LogP contribution in [0.25, 0.3) is 11.1 Å². The van der Waals surface area contributed by atoms with Crippen LogP contribution in [0.2, 0.25) is 5.02 Å². The van der Waals surface area contributed by atoms with Crippen LogP contribution in [-0.4, -0.2) is 21.6 Å². The molecule has 0 saturated heterocycles. The average molecular weight is 608 g/mol. The number of fused-ring (bicyclic) bond motifs is 1. The third-order valence-electron chi connectivity index (χ3n) is 6.34. The van der Waals surface area contributed by atoms with E-state index in [0.717, 1.165) is 24.4 Å². The Bertz CT molecular complexity index is 1810. The predicted octanol–water partition coefficient (Wildman–Crippen LogP) is 6.85. The number of aromatic nitrogens is 2. The standard InChI is InChI=1S/C27H13ClF7N5O2/c28-19-2-1-14(29)8-16(19)23-22-17(25(42)38-23)5-11(18-10-40(26(31)32)39-21(18)9-36)6-20(22)37-24(41)12-3-13(27(33,34)35)7-15(30)4-12/h1-8,10,23,26H,(H,37,41)(H,38,42)/t23-/m1/s1. The van der Waals surface area contributed by atoms with Crippen LogP contribution in [0, 0.1) is 23.0 Å². The van der Waals surface area contributed by atoms with E-state index < -0.39 is 59.0 Å². The van der Waals surface area contributed by atoms with Gasteiger partial charge in [-0.1, -0.05) is 11.6 Å². The number of hydrogen-bond acceptors (Lipinski definition) is 4. The van der Waals surface area contributed by atoms with E-state index in [1.54, 1.807) is 6.07 Å². The van der Waals surface area contributed by atoms with E-state index in [1.807, 2.05) is 0 Å². The first-order valence-electron chi connectivity index (χ1n) is 11.7. The molecule has 0 fully saturated rings. The molecule has 1 aliphatic rings. The largest absolute Gasteiger partial charge is 0.416 e. The smallest absolute Gasteiger partial charge is 0.341 e. The third-order valence-corrected chi connectivity index (χ3v) is 6.69. The van der Waals surface area contributed by atoms with Crippen LogP contribution >= 0.6 is 11.6 Å². The highest BCUT2D eigenvalue weighted by Crippen LogP contribution is 2.42. The van der Waals surface area contributed by atoms with Gasteiger partial charge in [0.2, 0.25) is 0 Å². The lowest BCUT2D eigenvalue weighted by atomic mass is 9.92. The van der Waals surface area contributed by atoms with Crippen molar-refractivity contribution >= 4 is 29.1 Å². The Hall–Kier alpha value is -4.90. The van der Waals surface area contributed by atoms with Gasteiger partial charge in [0.05, 0.1) is 11.6 Å². The molecule has 2 amide bonds. The maximum Gasteiger partial charge on any atom is 0.416 e. The van der Waals surface area contributed by atoms with E-state index in [4.69, 9.17) is 11.6 Å². The molecule has 1 aliphatic heterocycles. The zero-order valence-corrected chi connectivity index (χ0v) is 21.3. The first-order valence-corrected chi connectivity index (χ1v) is 12.0. The Kier molecular flexibility index (Phi) is 7.15. The van der Waals surface area contributed by atoms with Crippen molar-refractivity contribution in [2.75, 3.05) is 5.32 Å². The minimum absolute atomic E-state index is 0.00296. The predicted molar refractivity (Wildman–Crippen MR) is 134 cm³/mol. The zero-order chi connectivity index (χ0) is 30.5. The Labute approximate surface area is 236 Å². The molecule has 0 aliphatic carbocycles. The number of carbonyl (C=O) groups is 2. The lowest BCUT2D eigenvalue weighted by Crippen LogP contribution is -2.21. The highest BCUT2D eigenvalue weighted by Gasteiger charge is 2.36. The molecule has 214 valence electrons. The van der Waals surface area contributed by atoms with Crippen LogP contribution in [0.5, 0.6) is 0 Å². The van der Waals surface area contributed by atoms with Crippen molar-refractivity contribution in [3.63, 3.8) is 0 Å². The molecule has 1 aromatic heterocycles. The van der Waals surface area contributed by atoms with E-state index in [9.17, 15) is 45.6 Å². The lowest BCUT2D eigenvalue weighted by molar-refractivity contribution is -0.137. The summed E-state index contributed by atoms with van der Waals surface area (Å²) < 4.78 is 94.8. The number of anilines is 1. The van der Waals surface area contributed by atoms with E-state index >= 15 is 0 Å². The topological polar surface area (TPSA) is 99.8 Å². The molecule has 2 N–H and O–H groups in total. The summed E-state index contributed by atoms with van der Waals surface area (Å²) in [5.74, 6) is -4.07. The minimum atomic E-state index is -4.98. The second-order valence-electron chi connectivity index (χ2n) is 9.00. The van der Waals surface area contributed by atoms with Crippen LogP contribution in [0.15, 0.2) is 54.7 Å². The highest BCUT2D eigenvalue weighted by molar-refractivity contribution is 6.31. The Morgan fingerprint density at radius 2 is 1.81 bits per heavy atom. The normalized spacial score (nSPS) is 14.5. The van der Waals surface area contributed by atoms with E-state index in [0.29, 0.717) is 12.1 Å². The molecule has 3 aromatic carbocycles. The number of alkyl halides is 5. The molecular formula is C27H13ClF7N5O2. The maximum absolute atomic E-state index is 14.1. The molecule has 0 bridgehead atoms. The molecule has 2 heterocycles.